The molecular formula is C62H58F4I10N5O4Y3-5. The van der Waals surface area contributed by atoms with Gasteiger partial charge in [0.1, 0.15) is 29.8 Å². The molecule has 1 atom stereocenters. The minimum Gasteiger partial charge on any atom is -0.482 e. The van der Waals surface area contributed by atoms with Crippen molar-refractivity contribution in [1.29, 1.82) is 0 Å². The molecule has 0 spiro atoms. The Morgan fingerprint density at radius 2 is 1.08 bits per heavy atom. The van der Waals surface area contributed by atoms with Crippen molar-refractivity contribution < 1.29 is 140 Å². The van der Waals surface area contributed by atoms with E-state index in [0.717, 1.165) is 79.7 Å². The van der Waals surface area contributed by atoms with Crippen molar-refractivity contribution in [3.8, 4) is 0 Å². The molecule has 88 heavy (non-hydrogen) atoms. The number of carboxylic acid groups (broad SMARTS) is 2. The number of fused-ring (bicyclic) bond motifs is 3. The summed E-state index contributed by atoms with van der Waals surface area (Å²) >= 11 is 21.8. The van der Waals surface area contributed by atoms with Gasteiger partial charge in [-0.1, -0.05) is 218 Å². The molecule has 1 unspecified atom stereocenters. The topological polar surface area (TPSA) is 127 Å². The van der Waals surface area contributed by atoms with E-state index in [2.05, 4.69) is 266 Å². The number of nitrogens with zero attached hydrogens (tertiary/aromatic N) is 5. The molecule has 6 aromatic carbocycles. The van der Waals surface area contributed by atoms with Crippen LogP contribution in [0.2, 0.25) is 0 Å². The van der Waals surface area contributed by atoms with E-state index in [-0.39, 0.29) is 126 Å². The number of hydrogen-bond acceptors (Lipinski definition) is 6. The largest absolute Gasteiger partial charge is 0.482 e. The standard InChI is InChI=1S/C16H18F2INO2.C14H15I3NO2.C12H7I2N.C11H10F2IN.C8H4I3N.CH4.3Y/c1-9-16(2,7-5-3-4-6-12(21)22)13-11(20-9)8-10(17)15(19)14(13)18;1-2-18(7-5-3-4-6-13(19)20)10-8-11(15)14(17)12(16)9-10;1-2-15-10-3-4-11-8(6-10)5-9(13)7-12(11)14;1-5-11(2,3)8-7(15-5)4-6(12)10(14)9(8)13;1-2-12-5-3-6(9)8(11)7(10)4-5;;;;/h8H,3-7H2,1-2H3,(H,21,22);8H,3-7H2,1H3,(H,19,20);3-5,7H,1H3;4H,1-3H3;3H,1H3;1H4;;;/q;-1;-2;;-2;;;;. The SMILES string of the molecule is C.CC1=Nc2cc(F)c(I)c(F)c2C1(C)C.CC1=Nc2cc(F)c(I)c(F)c2C1(C)CCCCCC(=O)O.C[C-]=Nc1[c-]c(I)c(I)c(I)c1.C[C-]=Nc1[c-]c2cc(I)cc(I)c2cc1.C[C-]=[N+](CCCCCC(=O)O)c1[c-]c(I)c(I)c(I)c1.[Y].[Y].[Y]. The van der Waals surface area contributed by atoms with E-state index in [0.29, 0.717) is 35.3 Å². The van der Waals surface area contributed by atoms with E-state index in [4.69, 9.17) is 10.2 Å². The first kappa shape index (κ1) is 91.2. The number of unbranched alkanes of at least 4 members (excludes halogenated alkanes) is 4. The molecule has 2 aliphatic heterocycles. The zero-order chi connectivity index (χ0) is 63.0. The molecule has 0 amide bonds. The van der Waals surface area contributed by atoms with E-state index in [1.807, 2.05) is 53.7 Å². The monoisotopic (exact) mass is 2550 g/mol. The van der Waals surface area contributed by atoms with Crippen molar-refractivity contribution in [3.05, 3.63) is 137 Å². The first-order valence-corrected chi connectivity index (χ1v) is 36.3. The van der Waals surface area contributed by atoms with Crippen LogP contribution in [0, 0.1) is 77.2 Å². The number of benzene rings is 6. The summed E-state index contributed by atoms with van der Waals surface area (Å²) in [5.74, 6) is -3.64. The predicted octanol–water partition coefficient (Wildman–Crippen LogP) is 22.5. The summed E-state index contributed by atoms with van der Waals surface area (Å²) in [5.41, 5.74) is 5.10. The smallest absolute Gasteiger partial charge is 0.303 e. The maximum atomic E-state index is 14.5. The molecule has 9 nitrogen and oxygen atoms in total. The summed E-state index contributed by atoms with van der Waals surface area (Å²) in [7, 11) is 0. The summed E-state index contributed by atoms with van der Waals surface area (Å²) in [6, 6.07) is 24.8. The molecular weight excluding hydrogens is 2490 g/mol. The van der Waals surface area contributed by atoms with Crippen molar-refractivity contribution in [1.82, 2.24) is 0 Å². The molecule has 2 heterocycles. The number of aliphatic imine (C=N–C) groups is 4. The Bertz CT molecular complexity index is 3530. The fourth-order valence-corrected chi connectivity index (χ4v) is 15.2. The molecule has 467 valence electrons. The molecule has 2 N–H and O–H groups in total. The van der Waals surface area contributed by atoms with Crippen LogP contribution in [-0.4, -0.2) is 63.3 Å². The Balaban J connectivity index is 0.00000108. The molecule has 6 aromatic rings. The van der Waals surface area contributed by atoms with Crippen molar-refractivity contribution in [3.63, 3.8) is 0 Å². The predicted molar refractivity (Wildman–Crippen MR) is 424 cm³/mol. The van der Waals surface area contributed by atoms with Gasteiger partial charge < -0.3 is 24.8 Å². The van der Waals surface area contributed by atoms with Crippen molar-refractivity contribution in [2.75, 3.05) is 6.54 Å². The van der Waals surface area contributed by atoms with Crippen LogP contribution in [0.5, 0.6) is 0 Å². The van der Waals surface area contributed by atoms with Gasteiger partial charge in [0.15, 0.2) is 0 Å². The van der Waals surface area contributed by atoms with Gasteiger partial charge in [0.2, 0.25) is 0 Å². The van der Waals surface area contributed by atoms with Gasteiger partial charge >= 0.3 is 11.9 Å². The first-order chi connectivity index (χ1) is 39.4. The fraction of sp³-hybridized carbons (Fsp3) is 0.339. The molecule has 26 heteroatoms. The molecule has 8 rings (SSSR count). The Labute approximate surface area is 728 Å². The van der Waals surface area contributed by atoms with Crippen LogP contribution in [0.25, 0.3) is 10.8 Å². The Kier molecular flexibility index (Phi) is 46.0. The number of carboxylic acids is 2. The van der Waals surface area contributed by atoms with Crippen molar-refractivity contribution in [2.45, 2.75) is 131 Å². The summed E-state index contributed by atoms with van der Waals surface area (Å²) in [5, 5.41) is 19.6. The number of halogens is 14. The third-order valence-electron chi connectivity index (χ3n) is 13.2. The van der Waals surface area contributed by atoms with Crippen LogP contribution < -0.4 is 0 Å². The minimum atomic E-state index is -0.800. The maximum Gasteiger partial charge on any atom is 0.303 e. The van der Waals surface area contributed by atoms with Gasteiger partial charge in [-0.15, -0.1) is 68.7 Å². The Morgan fingerprint density at radius 3 is 1.59 bits per heavy atom. The van der Waals surface area contributed by atoms with E-state index < -0.39 is 46.0 Å². The second-order valence-corrected chi connectivity index (χ2v) is 30.5. The van der Waals surface area contributed by atoms with Crippen LogP contribution in [0.1, 0.15) is 132 Å². The third kappa shape index (κ3) is 26.7. The van der Waals surface area contributed by atoms with Gasteiger partial charge in [0.05, 0.1) is 18.5 Å². The molecule has 0 saturated heterocycles. The van der Waals surface area contributed by atoms with E-state index in [1.165, 1.54) is 38.9 Å². The van der Waals surface area contributed by atoms with Crippen LogP contribution in [0.3, 0.4) is 0 Å². The summed E-state index contributed by atoms with van der Waals surface area (Å²) in [6.45, 7) is 15.7. The summed E-state index contributed by atoms with van der Waals surface area (Å²) in [6.07, 6.45) is 14.5. The number of hydrogen-bond donors (Lipinski definition) is 2. The van der Waals surface area contributed by atoms with E-state index >= 15 is 0 Å². The van der Waals surface area contributed by atoms with Gasteiger partial charge in [0, 0.05) is 169 Å². The summed E-state index contributed by atoms with van der Waals surface area (Å²) < 4.78 is 67.1. The number of carbonyl (C=O) groups is 2. The maximum absolute atomic E-state index is 14.5. The van der Waals surface area contributed by atoms with Crippen molar-refractivity contribution in [2.24, 2.45) is 20.0 Å². The van der Waals surface area contributed by atoms with Gasteiger partial charge in [-0.05, 0) is 91.9 Å². The second-order valence-electron chi connectivity index (χ2n) is 19.3. The number of aliphatic carboxylic acids is 2. The molecule has 0 fully saturated rings. The Hall–Kier alpha value is 3.20. The van der Waals surface area contributed by atoms with Gasteiger partial charge in [0.25, 0.3) is 0 Å². The average Bonchev–Trinajstić information content (AvgIpc) is 1.66. The Morgan fingerprint density at radius 1 is 0.591 bits per heavy atom. The molecule has 0 aliphatic carbocycles. The molecule has 3 radical (unpaired) electrons. The zero-order valence-electron chi connectivity index (χ0n) is 48.2. The van der Waals surface area contributed by atoms with Crippen LogP contribution in [-0.2, 0) is 119 Å². The normalized spacial score (nSPS) is 14.1. The minimum absolute atomic E-state index is 0. The van der Waals surface area contributed by atoms with Crippen molar-refractivity contribution >= 4 is 307 Å². The van der Waals surface area contributed by atoms with Crippen LogP contribution in [0.4, 0.5) is 46.0 Å². The molecule has 2 aliphatic rings. The van der Waals surface area contributed by atoms with Gasteiger partial charge in [-0.2, -0.15) is 41.7 Å². The average molecular weight is 2550 g/mol. The third-order valence-corrected chi connectivity index (χ3v) is 26.4. The summed E-state index contributed by atoms with van der Waals surface area (Å²) in [4.78, 5) is 37.6. The zero-order valence-corrected chi connectivity index (χ0v) is 78.3. The van der Waals surface area contributed by atoms with Crippen LogP contribution >= 0.6 is 226 Å². The molecule has 0 aromatic heterocycles. The van der Waals surface area contributed by atoms with Crippen LogP contribution in [0.15, 0.2) is 68.5 Å². The second kappa shape index (κ2) is 44.4. The van der Waals surface area contributed by atoms with Gasteiger partial charge in [-0.3, -0.25) is 19.6 Å². The quantitative estimate of drug-likeness (QED) is 0.0202. The van der Waals surface area contributed by atoms with E-state index in [1.54, 1.807) is 59.0 Å². The molecule has 0 bridgehead atoms. The fourth-order valence-electron chi connectivity index (χ4n) is 8.45. The first-order valence-electron chi connectivity index (χ1n) is 25.5. The van der Waals surface area contributed by atoms with E-state index in [9.17, 15) is 27.2 Å². The van der Waals surface area contributed by atoms with Gasteiger partial charge in [-0.25, -0.2) is 47.5 Å². The molecule has 0 saturated carbocycles. The number of rotatable bonds is 15.